The second-order valence-corrected chi connectivity index (χ2v) is 5.62. The van der Waals surface area contributed by atoms with E-state index in [1.165, 1.54) is 29.7 Å². The van der Waals surface area contributed by atoms with Gasteiger partial charge in [0.1, 0.15) is 12.2 Å². The lowest BCUT2D eigenvalue weighted by Crippen LogP contribution is -2.15. The Bertz CT molecular complexity index is 520. The number of rotatable bonds is 4. The van der Waals surface area contributed by atoms with Gasteiger partial charge in [-0.15, -0.1) is 21.5 Å². The fraction of sp³-hybridized carbons (Fsp3) is 0.538. The van der Waals surface area contributed by atoms with Crippen LogP contribution >= 0.6 is 11.3 Å². The van der Waals surface area contributed by atoms with E-state index in [1.54, 1.807) is 7.11 Å². The number of aromatic nitrogens is 3. The summed E-state index contributed by atoms with van der Waals surface area (Å²) in [5.41, 5.74) is 1.46. The van der Waals surface area contributed by atoms with E-state index in [2.05, 4.69) is 26.2 Å². The van der Waals surface area contributed by atoms with Crippen LogP contribution in [0.15, 0.2) is 17.8 Å². The van der Waals surface area contributed by atoms with Gasteiger partial charge in [0.2, 0.25) is 0 Å². The molecule has 0 saturated carbocycles. The highest BCUT2D eigenvalue weighted by Gasteiger charge is 2.26. The molecule has 0 spiro atoms. The van der Waals surface area contributed by atoms with Crippen LogP contribution in [0.2, 0.25) is 0 Å². The molecule has 96 valence electrons. The minimum atomic E-state index is 0.416. The lowest BCUT2D eigenvalue weighted by Gasteiger charge is -2.22. The number of ether oxygens (including phenoxy) is 1. The number of methoxy groups -OCH3 is 1. The SMILES string of the molecule is COCCn1cnnc1C1CCCc2sccc21. The van der Waals surface area contributed by atoms with Gasteiger partial charge in [-0.1, -0.05) is 0 Å². The Morgan fingerprint density at radius 1 is 1.56 bits per heavy atom. The van der Waals surface area contributed by atoms with Gasteiger partial charge < -0.3 is 9.30 Å². The van der Waals surface area contributed by atoms with Crippen molar-refractivity contribution < 1.29 is 4.74 Å². The smallest absolute Gasteiger partial charge is 0.140 e. The molecule has 18 heavy (non-hydrogen) atoms. The number of thiophene rings is 1. The van der Waals surface area contributed by atoms with E-state index in [9.17, 15) is 0 Å². The van der Waals surface area contributed by atoms with Crippen molar-refractivity contribution >= 4 is 11.3 Å². The molecule has 2 aromatic heterocycles. The van der Waals surface area contributed by atoms with Crippen molar-refractivity contribution in [3.8, 4) is 0 Å². The van der Waals surface area contributed by atoms with Crippen molar-refractivity contribution in [2.24, 2.45) is 0 Å². The van der Waals surface area contributed by atoms with Crippen LogP contribution in [0.4, 0.5) is 0 Å². The van der Waals surface area contributed by atoms with E-state index in [0.717, 1.165) is 12.4 Å². The summed E-state index contributed by atoms with van der Waals surface area (Å²) in [4.78, 5) is 1.52. The zero-order chi connectivity index (χ0) is 12.4. The normalized spacial score (nSPS) is 18.8. The third-order valence-electron chi connectivity index (χ3n) is 3.55. The third kappa shape index (κ3) is 2.08. The van der Waals surface area contributed by atoms with E-state index in [1.807, 2.05) is 17.7 Å². The van der Waals surface area contributed by atoms with Crippen LogP contribution in [0.5, 0.6) is 0 Å². The molecule has 1 atom stereocenters. The summed E-state index contributed by atoms with van der Waals surface area (Å²) in [7, 11) is 1.72. The molecule has 0 radical (unpaired) electrons. The fourth-order valence-corrected chi connectivity index (χ4v) is 3.64. The average molecular weight is 263 g/mol. The Hall–Kier alpha value is -1.20. The molecule has 1 aliphatic carbocycles. The quantitative estimate of drug-likeness (QED) is 0.850. The minimum Gasteiger partial charge on any atom is -0.383 e. The summed E-state index contributed by atoms with van der Waals surface area (Å²) in [6.45, 7) is 1.53. The summed E-state index contributed by atoms with van der Waals surface area (Å²) < 4.78 is 7.26. The Labute approximate surface area is 111 Å². The number of hydrogen-bond acceptors (Lipinski definition) is 4. The predicted molar refractivity (Wildman–Crippen MR) is 71.0 cm³/mol. The van der Waals surface area contributed by atoms with Crippen LogP contribution in [0.1, 0.15) is 35.0 Å². The Morgan fingerprint density at radius 3 is 3.39 bits per heavy atom. The van der Waals surface area contributed by atoms with Crippen molar-refractivity contribution in [1.29, 1.82) is 0 Å². The summed E-state index contributed by atoms with van der Waals surface area (Å²) in [5, 5.41) is 10.6. The van der Waals surface area contributed by atoms with Gasteiger partial charge in [0.25, 0.3) is 0 Å². The second kappa shape index (κ2) is 5.20. The third-order valence-corrected chi connectivity index (χ3v) is 4.54. The Balaban J connectivity index is 1.90. The molecule has 0 saturated heterocycles. The average Bonchev–Trinajstić information content (AvgIpc) is 3.04. The molecule has 0 N–H and O–H groups in total. The molecule has 1 unspecified atom stereocenters. The van der Waals surface area contributed by atoms with E-state index < -0.39 is 0 Å². The summed E-state index contributed by atoms with van der Waals surface area (Å²) >= 11 is 1.87. The predicted octanol–water partition coefficient (Wildman–Crippen LogP) is 2.45. The van der Waals surface area contributed by atoms with Gasteiger partial charge in [0.15, 0.2) is 0 Å². The van der Waals surface area contributed by atoms with Gasteiger partial charge in [-0.25, -0.2) is 0 Å². The standard InChI is InChI=1S/C13H17N3OS/c1-17-7-6-16-9-14-15-13(16)11-3-2-4-12-10(11)5-8-18-12/h5,8-9,11H,2-4,6-7H2,1H3. The second-order valence-electron chi connectivity index (χ2n) is 4.62. The number of nitrogens with zero attached hydrogens (tertiary/aromatic N) is 3. The van der Waals surface area contributed by atoms with Crippen molar-refractivity contribution in [3.05, 3.63) is 34.0 Å². The highest BCUT2D eigenvalue weighted by atomic mass is 32.1. The van der Waals surface area contributed by atoms with Gasteiger partial charge in [-0.3, -0.25) is 0 Å². The van der Waals surface area contributed by atoms with Gasteiger partial charge in [0.05, 0.1) is 6.61 Å². The number of fused-ring (bicyclic) bond motifs is 1. The van der Waals surface area contributed by atoms with Crippen LogP contribution in [0, 0.1) is 0 Å². The van der Waals surface area contributed by atoms with Crippen LogP contribution in [-0.4, -0.2) is 28.5 Å². The molecule has 5 heteroatoms. The van der Waals surface area contributed by atoms with Crippen LogP contribution in [0.25, 0.3) is 0 Å². The largest absolute Gasteiger partial charge is 0.383 e. The summed E-state index contributed by atoms with van der Waals surface area (Å²) in [5.74, 6) is 1.51. The molecular weight excluding hydrogens is 246 g/mol. The van der Waals surface area contributed by atoms with E-state index in [4.69, 9.17) is 4.74 Å². The Kier molecular flexibility index (Phi) is 3.43. The molecular formula is C13H17N3OS. The van der Waals surface area contributed by atoms with Gasteiger partial charge in [0, 0.05) is 24.4 Å². The van der Waals surface area contributed by atoms with Crippen LogP contribution in [0.3, 0.4) is 0 Å². The lowest BCUT2D eigenvalue weighted by atomic mass is 9.87. The first-order chi connectivity index (χ1) is 8.90. The highest BCUT2D eigenvalue weighted by Crippen LogP contribution is 2.38. The first-order valence-electron chi connectivity index (χ1n) is 6.33. The molecule has 0 amide bonds. The van der Waals surface area contributed by atoms with Crippen LogP contribution in [-0.2, 0) is 17.7 Å². The van der Waals surface area contributed by atoms with Crippen molar-refractivity contribution in [1.82, 2.24) is 14.8 Å². The van der Waals surface area contributed by atoms with Gasteiger partial charge in [-0.2, -0.15) is 0 Å². The fourth-order valence-electron chi connectivity index (χ4n) is 2.65. The molecule has 0 bridgehead atoms. The molecule has 2 aromatic rings. The van der Waals surface area contributed by atoms with Crippen LogP contribution < -0.4 is 0 Å². The zero-order valence-electron chi connectivity index (χ0n) is 10.5. The summed E-state index contributed by atoms with van der Waals surface area (Å²) in [6.07, 6.45) is 5.45. The minimum absolute atomic E-state index is 0.416. The molecule has 1 aliphatic rings. The number of hydrogen-bond donors (Lipinski definition) is 0. The molecule has 0 fully saturated rings. The Morgan fingerprint density at radius 2 is 2.50 bits per heavy atom. The first kappa shape index (κ1) is 11.9. The van der Waals surface area contributed by atoms with E-state index in [0.29, 0.717) is 12.5 Å². The lowest BCUT2D eigenvalue weighted by molar-refractivity contribution is 0.186. The zero-order valence-corrected chi connectivity index (χ0v) is 11.3. The molecule has 3 rings (SSSR count). The molecule has 0 aliphatic heterocycles. The number of aryl methyl sites for hydroxylation is 1. The van der Waals surface area contributed by atoms with E-state index >= 15 is 0 Å². The van der Waals surface area contributed by atoms with Gasteiger partial charge in [-0.05, 0) is 36.3 Å². The molecule has 4 nitrogen and oxygen atoms in total. The summed E-state index contributed by atoms with van der Waals surface area (Å²) in [6, 6.07) is 2.25. The topological polar surface area (TPSA) is 39.9 Å². The monoisotopic (exact) mass is 263 g/mol. The van der Waals surface area contributed by atoms with Crippen molar-refractivity contribution in [2.75, 3.05) is 13.7 Å². The molecule has 2 heterocycles. The maximum atomic E-state index is 5.14. The van der Waals surface area contributed by atoms with Crippen molar-refractivity contribution in [3.63, 3.8) is 0 Å². The maximum absolute atomic E-state index is 5.14. The van der Waals surface area contributed by atoms with Crippen molar-refractivity contribution in [2.45, 2.75) is 31.7 Å². The first-order valence-corrected chi connectivity index (χ1v) is 7.21. The molecule has 0 aromatic carbocycles. The highest BCUT2D eigenvalue weighted by molar-refractivity contribution is 7.10. The van der Waals surface area contributed by atoms with Gasteiger partial charge >= 0.3 is 0 Å². The van der Waals surface area contributed by atoms with E-state index in [-0.39, 0.29) is 0 Å². The maximum Gasteiger partial charge on any atom is 0.140 e.